The summed E-state index contributed by atoms with van der Waals surface area (Å²) in [6.45, 7) is -0.913. The lowest BCUT2D eigenvalue weighted by molar-refractivity contribution is -0.137. The van der Waals surface area contributed by atoms with Gasteiger partial charge in [-0.25, -0.2) is 8.42 Å². The highest BCUT2D eigenvalue weighted by Crippen LogP contribution is 2.44. The Labute approximate surface area is 261 Å². The predicted octanol–water partition coefficient (Wildman–Crippen LogP) is 6.56. The van der Waals surface area contributed by atoms with E-state index < -0.39 is 61.9 Å². The van der Waals surface area contributed by atoms with Crippen LogP contribution in [0.25, 0.3) is 0 Å². The van der Waals surface area contributed by atoms with Crippen molar-refractivity contribution in [1.29, 1.82) is 5.26 Å². The Kier molecular flexibility index (Phi) is 9.61. The van der Waals surface area contributed by atoms with Gasteiger partial charge in [0.25, 0.3) is 5.91 Å². The number of nitrogens with zero attached hydrogens (tertiary/aromatic N) is 1. The average Bonchev–Trinajstić information content (AvgIpc) is 2.97. The molecule has 0 radical (unpaired) electrons. The standard InChI is InChI=1S/C31H23Cl2F3N2O5S/c32-24-12-8-19(9-13-24)17-44(42,43)28(20-10-11-21(16-37)26(33)14-20)30(41,22-4-3-5-23(15-22)31(34,35)36)18-38-29(40)25-6-1-2-7-27(25)39/h1-15,28,39,41H,17-18H2,(H,38,40). The highest BCUT2D eigenvalue weighted by atomic mass is 35.5. The molecule has 44 heavy (non-hydrogen) atoms. The lowest BCUT2D eigenvalue weighted by atomic mass is 9.85. The van der Waals surface area contributed by atoms with Crippen molar-refractivity contribution >= 4 is 38.9 Å². The van der Waals surface area contributed by atoms with Crippen molar-refractivity contribution in [3.8, 4) is 11.8 Å². The second kappa shape index (κ2) is 12.9. The Morgan fingerprint density at radius 3 is 2.20 bits per heavy atom. The molecular weight excluding hydrogens is 640 g/mol. The molecule has 4 aromatic rings. The lowest BCUT2D eigenvalue weighted by Crippen LogP contribution is -2.48. The fourth-order valence-corrected chi connectivity index (χ4v) is 7.30. The number of carbonyl (C=O) groups is 1. The number of benzene rings is 4. The number of nitriles is 1. The minimum atomic E-state index is -4.86. The van der Waals surface area contributed by atoms with Crippen LogP contribution in [0.1, 0.15) is 43.4 Å². The molecule has 0 aliphatic heterocycles. The number of aliphatic hydroxyl groups is 1. The number of carbonyl (C=O) groups excluding carboxylic acids is 1. The molecule has 0 heterocycles. The fraction of sp³-hybridized carbons (Fsp3) is 0.161. The van der Waals surface area contributed by atoms with Crippen LogP contribution in [0.3, 0.4) is 0 Å². The van der Waals surface area contributed by atoms with Gasteiger partial charge in [-0.05, 0) is 65.2 Å². The summed E-state index contributed by atoms with van der Waals surface area (Å²) in [6.07, 6.45) is -4.86. The zero-order valence-corrected chi connectivity index (χ0v) is 24.8. The molecule has 0 spiro atoms. The number of amides is 1. The quantitative estimate of drug-likeness (QED) is 0.186. The average molecular weight is 664 g/mol. The molecule has 0 aliphatic carbocycles. The predicted molar refractivity (Wildman–Crippen MR) is 159 cm³/mol. The summed E-state index contributed by atoms with van der Waals surface area (Å²) in [5.74, 6) is -2.04. The van der Waals surface area contributed by atoms with Gasteiger partial charge in [0.1, 0.15) is 22.7 Å². The molecule has 1 amide bonds. The number of nitrogens with one attached hydrogen (secondary N) is 1. The number of aromatic hydroxyl groups is 1. The monoisotopic (exact) mass is 662 g/mol. The van der Waals surface area contributed by atoms with Crippen molar-refractivity contribution < 1.29 is 36.6 Å². The number of hydrogen-bond acceptors (Lipinski definition) is 6. The summed E-state index contributed by atoms with van der Waals surface area (Å²) >= 11 is 12.2. The van der Waals surface area contributed by atoms with E-state index in [2.05, 4.69) is 5.32 Å². The van der Waals surface area contributed by atoms with E-state index in [0.717, 1.165) is 24.3 Å². The zero-order chi connectivity index (χ0) is 32.3. The maximum atomic E-state index is 14.2. The summed E-state index contributed by atoms with van der Waals surface area (Å²) < 4.78 is 69.9. The second-order valence-corrected chi connectivity index (χ2v) is 12.8. The molecule has 0 bridgehead atoms. The summed E-state index contributed by atoms with van der Waals surface area (Å²) in [5, 5.41) is 32.4. The SMILES string of the molecule is N#Cc1ccc(C(C(O)(CNC(=O)c2ccccc2O)c2cccc(C(F)(F)F)c2)S(=O)(=O)Cc2ccc(Cl)cc2)cc1Cl. The third-order valence-corrected chi connectivity index (χ3v) is 9.53. The van der Waals surface area contributed by atoms with E-state index >= 15 is 0 Å². The molecule has 0 aliphatic rings. The Bertz CT molecular complexity index is 1840. The van der Waals surface area contributed by atoms with Gasteiger partial charge in [0.15, 0.2) is 9.84 Å². The minimum Gasteiger partial charge on any atom is -0.507 e. The molecule has 0 fully saturated rings. The molecule has 0 saturated carbocycles. The number of hydrogen-bond donors (Lipinski definition) is 3. The van der Waals surface area contributed by atoms with Crippen LogP contribution in [0.4, 0.5) is 13.2 Å². The van der Waals surface area contributed by atoms with E-state index in [0.29, 0.717) is 11.1 Å². The zero-order valence-electron chi connectivity index (χ0n) is 22.5. The normalized spacial score (nSPS) is 13.8. The summed E-state index contributed by atoms with van der Waals surface area (Å²) in [4.78, 5) is 13.1. The molecule has 7 nitrogen and oxygen atoms in total. The van der Waals surface area contributed by atoms with E-state index in [4.69, 9.17) is 23.2 Å². The Morgan fingerprint density at radius 1 is 0.932 bits per heavy atom. The molecular formula is C31H23Cl2F3N2O5S. The van der Waals surface area contributed by atoms with Crippen molar-refractivity contribution in [2.75, 3.05) is 6.54 Å². The van der Waals surface area contributed by atoms with Crippen molar-refractivity contribution in [3.63, 3.8) is 0 Å². The van der Waals surface area contributed by atoms with Crippen molar-refractivity contribution in [3.05, 3.63) is 134 Å². The molecule has 228 valence electrons. The van der Waals surface area contributed by atoms with Gasteiger partial charge < -0.3 is 15.5 Å². The van der Waals surface area contributed by atoms with Gasteiger partial charge in [-0.3, -0.25) is 4.79 Å². The van der Waals surface area contributed by atoms with Crippen LogP contribution in [0.2, 0.25) is 10.0 Å². The van der Waals surface area contributed by atoms with E-state index in [1.54, 1.807) is 0 Å². The molecule has 4 aromatic carbocycles. The van der Waals surface area contributed by atoms with Gasteiger partial charge in [0.2, 0.25) is 0 Å². The molecule has 3 N–H and O–H groups in total. The van der Waals surface area contributed by atoms with Crippen LogP contribution in [0.15, 0.2) is 91.0 Å². The highest BCUT2D eigenvalue weighted by molar-refractivity contribution is 7.91. The molecule has 0 aromatic heterocycles. The van der Waals surface area contributed by atoms with Crippen LogP contribution < -0.4 is 5.32 Å². The number of phenolic OH excluding ortho intramolecular Hbond substituents is 1. The maximum absolute atomic E-state index is 14.2. The molecule has 0 saturated heterocycles. The smallest absolute Gasteiger partial charge is 0.416 e. The topological polar surface area (TPSA) is 127 Å². The second-order valence-electron chi connectivity index (χ2n) is 9.87. The largest absolute Gasteiger partial charge is 0.507 e. The van der Waals surface area contributed by atoms with Gasteiger partial charge in [-0.2, -0.15) is 18.4 Å². The highest BCUT2D eigenvalue weighted by Gasteiger charge is 2.48. The van der Waals surface area contributed by atoms with E-state index in [9.17, 15) is 41.9 Å². The van der Waals surface area contributed by atoms with E-state index in [-0.39, 0.29) is 27.3 Å². The van der Waals surface area contributed by atoms with Gasteiger partial charge in [0, 0.05) is 5.02 Å². The number of halogens is 5. The van der Waals surface area contributed by atoms with Gasteiger partial charge >= 0.3 is 6.18 Å². The van der Waals surface area contributed by atoms with Crippen LogP contribution in [0.5, 0.6) is 5.75 Å². The van der Waals surface area contributed by atoms with Crippen molar-refractivity contribution in [1.82, 2.24) is 5.32 Å². The number of para-hydroxylation sites is 1. The summed E-state index contributed by atoms with van der Waals surface area (Å²) in [7, 11) is -4.57. The minimum absolute atomic E-state index is 0.0141. The third-order valence-electron chi connectivity index (χ3n) is 6.85. The van der Waals surface area contributed by atoms with Crippen LogP contribution >= 0.6 is 23.2 Å². The van der Waals surface area contributed by atoms with Crippen LogP contribution in [-0.4, -0.2) is 31.1 Å². The first-order chi connectivity index (χ1) is 20.7. The first-order valence-corrected chi connectivity index (χ1v) is 15.2. The summed E-state index contributed by atoms with van der Waals surface area (Å²) in [6, 6.07) is 20.0. The van der Waals surface area contributed by atoms with Gasteiger partial charge in [0.05, 0.1) is 34.0 Å². The van der Waals surface area contributed by atoms with Crippen molar-refractivity contribution in [2.45, 2.75) is 22.8 Å². The summed E-state index contributed by atoms with van der Waals surface area (Å²) in [5.41, 5.74) is -4.53. The van der Waals surface area contributed by atoms with Gasteiger partial charge in [-0.1, -0.05) is 65.7 Å². The number of sulfone groups is 1. The third kappa shape index (κ3) is 7.17. The Morgan fingerprint density at radius 2 is 1.59 bits per heavy atom. The van der Waals surface area contributed by atoms with Crippen LogP contribution in [0, 0.1) is 11.3 Å². The maximum Gasteiger partial charge on any atom is 0.416 e. The Hall–Kier alpha value is -4.08. The molecule has 2 unspecified atom stereocenters. The van der Waals surface area contributed by atoms with Gasteiger partial charge in [-0.15, -0.1) is 0 Å². The Balaban J connectivity index is 1.94. The molecule has 4 rings (SSSR count). The number of alkyl halides is 3. The van der Waals surface area contributed by atoms with Crippen LogP contribution in [-0.2, 0) is 27.4 Å². The lowest BCUT2D eigenvalue weighted by Gasteiger charge is -2.37. The molecule has 13 heteroatoms. The first kappa shape index (κ1) is 32.8. The number of rotatable bonds is 9. The fourth-order valence-electron chi connectivity index (χ4n) is 4.75. The molecule has 2 atom stereocenters. The number of phenols is 1. The van der Waals surface area contributed by atoms with E-state index in [1.807, 2.05) is 6.07 Å². The van der Waals surface area contributed by atoms with E-state index in [1.165, 1.54) is 60.7 Å². The first-order valence-electron chi connectivity index (χ1n) is 12.8. The van der Waals surface area contributed by atoms with Crippen molar-refractivity contribution in [2.24, 2.45) is 0 Å².